The maximum atomic E-state index is 13.1. The molecule has 25 heavy (non-hydrogen) atoms. The Morgan fingerprint density at radius 3 is 2.36 bits per heavy atom. The van der Waals surface area contributed by atoms with E-state index < -0.39 is 6.04 Å². The molecule has 2 N–H and O–H groups in total. The van der Waals surface area contributed by atoms with Crippen LogP contribution in [0.5, 0.6) is 0 Å². The Hall–Kier alpha value is -2.37. The summed E-state index contributed by atoms with van der Waals surface area (Å²) in [5, 5.41) is 0. The first-order chi connectivity index (χ1) is 11.9. The third-order valence-corrected chi connectivity index (χ3v) is 5.28. The van der Waals surface area contributed by atoms with Crippen molar-refractivity contribution >= 4 is 17.7 Å². The lowest BCUT2D eigenvalue weighted by Gasteiger charge is -2.37. The highest BCUT2D eigenvalue weighted by atomic mass is 16.2. The highest BCUT2D eigenvalue weighted by Gasteiger charge is 2.40. The van der Waals surface area contributed by atoms with E-state index in [-0.39, 0.29) is 29.6 Å². The molecule has 2 aliphatic heterocycles. The van der Waals surface area contributed by atoms with Crippen LogP contribution >= 0.6 is 0 Å². The molecule has 0 radical (unpaired) electrons. The van der Waals surface area contributed by atoms with Gasteiger partial charge in [0.15, 0.2) is 0 Å². The van der Waals surface area contributed by atoms with Crippen LogP contribution in [-0.4, -0.2) is 46.7 Å². The molecule has 6 nitrogen and oxygen atoms in total. The van der Waals surface area contributed by atoms with Crippen LogP contribution in [0, 0.1) is 11.8 Å². The minimum atomic E-state index is -0.481. The lowest BCUT2D eigenvalue weighted by molar-refractivity contribution is -0.140. The lowest BCUT2D eigenvalue weighted by atomic mass is 9.94. The van der Waals surface area contributed by atoms with Crippen molar-refractivity contribution in [3.63, 3.8) is 0 Å². The number of fused-ring (bicyclic) bond motifs is 1. The smallest absolute Gasteiger partial charge is 0.255 e. The Bertz CT molecular complexity index is 693. The van der Waals surface area contributed by atoms with E-state index in [1.807, 2.05) is 38.1 Å². The molecule has 0 aromatic heterocycles. The molecular weight excluding hydrogens is 318 g/mol. The number of nitrogens with two attached hydrogens (primary N) is 1. The largest absolute Gasteiger partial charge is 0.369 e. The van der Waals surface area contributed by atoms with Crippen molar-refractivity contribution in [3.8, 4) is 0 Å². The van der Waals surface area contributed by atoms with Gasteiger partial charge in [-0.25, -0.2) is 0 Å². The van der Waals surface area contributed by atoms with Crippen LogP contribution in [0.25, 0.3) is 0 Å². The number of hydrogen-bond acceptors (Lipinski definition) is 3. The molecular formula is C19H25N3O3. The van der Waals surface area contributed by atoms with E-state index in [1.54, 1.807) is 9.80 Å². The summed E-state index contributed by atoms with van der Waals surface area (Å²) in [5.41, 5.74) is 7.03. The Balaban J connectivity index is 1.75. The summed E-state index contributed by atoms with van der Waals surface area (Å²) in [6.45, 7) is 5.45. The number of carbonyl (C=O) groups is 3. The third-order valence-electron chi connectivity index (χ3n) is 5.28. The summed E-state index contributed by atoms with van der Waals surface area (Å²) in [5.74, 6) is -0.537. The molecule has 2 heterocycles. The second-order valence-electron chi connectivity index (χ2n) is 7.28. The third kappa shape index (κ3) is 3.25. The number of nitrogens with zero attached hydrogens (tertiary/aromatic N) is 2. The van der Waals surface area contributed by atoms with Crippen molar-refractivity contribution in [2.45, 2.75) is 39.3 Å². The van der Waals surface area contributed by atoms with Gasteiger partial charge < -0.3 is 15.5 Å². The van der Waals surface area contributed by atoms with E-state index in [0.29, 0.717) is 38.0 Å². The van der Waals surface area contributed by atoms with Crippen LogP contribution < -0.4 is 5.73 Å². The topological polar surface area (TPSA) is 83.7 Å². The van der Waals surface area contributed by atoms with E-state index in [1.165, 1.54) is 0 Å². The van der Waals surface area contributed by atoms with Crippen LogP contribution in [0.15, 0.2) is 24.3 Å². The molecule has 0 aliphatic carbocycles. The van der Waals surface area contributed by atoms with Crippen molar-refractivity contribution in [1.82, 2.24) is 9.80 Å². The van der Waals surface area contributed by atoms with Crippen molar-refractivity contribution in [2.75, 3.05) is 13.1 Å². The molecule has 0 bridgehead atoms. The lowest BCUT2D eigenvalue weighted by Crippen LogP contribution is -2.53. The highest BCUT2D eigenvalue weighted by molar-refractivity contribution is 6.01. The SMILES string of the molecule is CC(C)[C@@H](C(=O)N1CCC(C(N)=O)CC1)N1Cc2ccccc2C1=O. The van der Waals surface area contributed by atoms with Crippen molar-refractivity contribution in [3.05, 3.63) is 35.4 Å². The first kappa shape index (κ1) is 17.5. The van der Waals surface area contributed by atoms with Crippen molar-refractivity contribution in [2.24, 2.45) is 17.6 Å². The number of carbonyl (C=O) groups excluding carboxylic acids is 3. The van der Waals surface area contributed by atoms with Gasteiger partial charge in [-0.2, -0.15) is 0 Å². The molecule has 6 heteroatoms. The van der Waals surface area contributed by atoms with Gasteiger partial charge in [-0.05, 0) is 30.4 Å². The van der Waals surface area contributed by atoms with Crippen LogP contribution in [0.2, 0.25) is 0 Å². The number of rotatable bonds is 4. The standard InChI is InChI=1S/C19H25N3O3/c1-12(2)16(19(25)21-9-7-13(8-10-21)17(20)23)22-11-14-5-3-4-6-15(14)18(22)24/h3-6,12-13,16H,7-11H2,1-2H3,(H2,20,23)/t16-/m0/s1. The van der Waals surface area contributed by atoms with Gasteiger partial charge in [0.25, 0.3) is 5.91 Å². The van der Waals surface area contributed by atoms with Gasteiger partial charge in [-0.1, -0.05) is 32.0 Å². The van der Waals surface area contributed by atoms with Crippen LogP contribution in [0.1, 0.15) is 42.6 Å². The predicted molar refractivity (Wildman–Crippen MR) is 93.4 cm³/mol. The monoisotopic (exact) mass is 343 g/mol. The van der Waals surface area contributed by atoms with E-state index in [4.69, 9.17) is 5.73 Å². The summed E-state index contributed by atoms with van der Waals surface area (Å²) >= 11 is 0. The number of amides is 3. The first-order valence-electron chi connectivity index (χ1n) is 8.87. The van der Waals surface area contributed by atoms with Gasteiger partial charge in [0.05, 0.1) is 0 Å². The summed E-state index contributed by atoms with van der Waals surface area (Å²) in [4.78, 5) is 40.7. The summed E-state index contributed by atoms with van der Waals surface area (Å²) in [6, 6.07) is 7.04. The quantitative estimate of drug-likeness (QED) is 0.897. The van der Waals surface area contributed by atoms with E-state index >= 15 is 0 Å². The minimum Gasteiger partial charge on any atom is -0.369 e. The first-order valence-corrected chi connectivity index (χ1v) is 8.87. The normalized spacial score (nSPS) is 19.2. The minimum absolute atomic E-state index is 0.0135. The molecule has 3 rings (SSSR count). The maximum absolute atomic E-state index is 13.1. The van der Waals surface area contributed by atoms with Gasteiger partial charge in [-0.15, -0.1) is 0 Å². The Labute approximate surface area is 148 Å². The molecule has 1 aromatic rings. The molecule has 2 aliphatic rings. The van der Waals surface area contributed by atoms with Crippen molar-refractivity contribution in [1.29, 1.82) is 0 Å². The zero-order chi connectivity index (χ0) is 18.1. The number of likely N-dealkylation sites (tertiary alicyclic amines) is 1. The van der Waals surface area contributed by atoms with Crippen LogP contribution in [0.4, 0.5) is 0 Å². The zero-order valence-corrected chi connectivity index (χ0v) is 14.8. The molecule has 1 aromatic carbocycles. The van der Waals surface area contributed by atoms with Crippen LogP contribution in [0.3, 0.4) is 0 Å². The number of piperidine rings is 1. The van der Waals surface area contributed by atoms with Gasteiger partial charge in [-0.3, -0.25) is 14.4 Å². The molecule has 0 saturated carbocycles. The summed E-state index contributed by atoms with van der Waals surface area (Å²) in [6.07, 6.45) is 1.19. The zero-order valence-electron chi connectivity index (χ0n) is 14.8. The second-order valence-corrected chi connectivity index (χ2v) is 7.28. The number of primary amides is 1. The molecule has 3 amide bonds. The molecule has 0 spiro atoms. The Morgan fingerprint density at radius 2 is 1.80 bits per heavy atom. The average Bonchev–Trinajstić information content (AvgIpc) is 2.92. The Kier molecular flexibility index (Phi) is 4.79. The number of hydrogen-bond donors (Lipinski definition) is 1. The fraction of sp³-hybridized carbons (Fsp3) is 0.526. The second kappa shape index (κ2) is 6.86. The molecule has 1 fully saturated rings. The fourth-order valence-electron chi connectivity index (χ4n) is 3.85. The molecule has 1 saturated heterocycles. The number of benzene rings is 1. The fourth-order valence-corrected chi connectivity index (χ4v) is 3.85. The molecule has 0 unspecified atom stereocenters. The predicted octanol–water partition coefficient (Wildman–Crippen LogP) is 1.39. The van der Waals surface area contributed by atoms with Gasteiger partial charge in [0.2, 0.25) is 11.8 Å². The maximum Gasteiger partial charge on any atom is 0.255 e. The molecule has 1 atom stereocenters. The average molecular weight is 343 g/mol. The van der Waals surface area contributed by atoms with E-state index in [2.05, 4.69) is 0 Å². The van der Waals surface area contributed by atoms with Gasteiger partial charge in [0, 0.05) is 31.1 Å². The van der Waals surface area contributed by atoms with Crippen LogP contribution in [-0.2, 0) is 16.1 Å². The highest BCUT2D eigenvalue weighted by Crippen LogP contribution is 2.29. The van der Waals surface area contributed by atoms with Gasteiger partial charge >= 0.3 is 0 Å². The Morgan fingerprint density at radius 1 is 1.16 bits per heavy atom. The summed E-state index contributed by atoms with van der Waals surface area (Å²) < 4.78 is 0. The van der Waals surface area contributed by atoms with E-state index in [0.717, 1.165) is 5.56 Å². The summed E-state index contributed by atoms with van der Waals surface area (Å²) in [7, 11) is 0. The van der Waals surface area contributed by atoms with Crippen molar-refractivity contribution < 1.29 is 14.4 Å². The molecule has 134 valence electrons. The van der Waals surface area contributed by atoms with Gasteiger partial charge in [0.1, 0.15) is 6.04 Å². The van der Waals surface area contributed by atoms with E-state index in [9.17, 15) is 14.4 Å².